The van der Waals surface area contributed by atoms with E-state index in [1.165, 1.54) is 23.9 Å². The van der Waals surface area contributed by atoms with Crippen molar-refractivity contribution in [3.05, 3.63) is 87.6 Å². The maximum atomic E-state index is 13.3. The summed E-state index contributed by atoms with van der Waals surface area (Å²) < 4.78 is 1.85. The topological polar surface area (TPSA) is 141 Å². The molecule has 11 heteroatoms. The number of rotatable bonds is 10. The lowest BCUT2D eigenvalue weighted by Crippen LogP contribution is -2.51. The summed E-state index contributed by atoms with van der Waals surface area (Å²) in [6, 6.07) is 16.6. The Kier molecular flexibility index (Phi) is 7.04. The molecular formula is C27H29N7O3S. The average molecular weight is 532 g/mol. The molecule has 1 unspecified atom stereocenters. The monoisotopic (exact) mass is 531 g/mol. The van der Waals surface area contributed by atoms with E-state index in [2.05, 4.69) is 15.6 Å². The number of nitrogens with one attached hydrogen (secondary N) is 2. The van der Waals surface area contributed by atoms with Gasteiger partial charge in [0.05, 0.1) is 11.0 Å². The Balaban J connectivity index is 1.50. The summed E-state index contributed by atoms with van der Waals surface area (Å²) in [6.07, 6.45) is 2.27. The lowest BCUT2D eigenvalue weighted by Gasteiger charge is -2.36. The highest BCUT2D eigenvalue weighted by Gasteiger charge is 2.42. The number of primary amides is 1. The third-order valence-electron chi connectivity index (χ3n) is 7.05. The van der Waals surface area contributed by atoms with Crippen LogP contribution in [0.15, 0.2) is 66.0 Å². The quantitative estimate of drug-likeness (QED) is 0.159. The Bertz CT molecular complexity index is 1450. The van der Waals surface area contributed by atoms with Crippen LogP contribution in [-0.4, -0.2) is 44.5 Å². The van der Waals surface area contributed by atoms with Crippen molar-refractivity contribution in [2.75, 3.05) is 18.4 Å². The third-order valence-corrected chi connectivity index (χ3v) is 7.96. The van der Waals surface area contributed by atoms with E-state index >= 15 is 0 Å². The van der Waals surface area contributed by atoms with E-state index in [1.807, 2.05) is 54.9 Å². The van der Waals surface area contributed by atoms with Crippen LogP contribution in [0.1, 0.15) is 30.0 Å². The van der Waals surface area contributed by atoms with Crippen LogP contribution in [0.3, 0.4) is 0 Å². The van der Waals surface area contributed by atoms with Gasteiger partial charge in [0.25, 0.3) is 5.69 Å². The lowest BCUT2D eigenvalue weighted by molar-refractivity contribution is -0.384. The molecule has 1 atom stereocenters. The van der Waals surface area contributed by atoms with E-state index in [0.717, 1.165) is 35.5 Å². The molecule has 0 saturated carbocycles. The summed E-state index contributed by atoms with van der Waals surface area (Å²) in [5, 5.41) is 18.3. The molecule has 2 aromatic carbocycles. The normalized spacial score (nSPS) is 15.1. The molecule has 0 spiro atoms. The largest absolute Gasteiger partial charge is 0.380 e. The molecule has 1 amide bonds. The fourth-order valence-electron chi connectivity index (χ4n) is 4.84. The van der Waals surface area contributed by atoms with Crippen molar-refractivity contribution in [2.45, 2.75) is 42.8 Å². The lowest BCUT2D eigenvalue weighted by atomic mass is 9.82. The maximum Gasteiger partial charge on any atom is 0.269 e. The van der Waals surface area contributed by atoms with Crippen molar-refractivity contribution in [1.82, 2.24) is 19.9 Å². The van der Waals surface area contributed by atoms with Crippen molar-refractivity contribution >= 4 is 29.0 Å². The molecule has 1 saturated heterocycles. The number of nitrogens with two attached hydrogens (primary N) is 1. The molecule has 4 N–H and O–H groups in total. The Morgan fingerprint density at radius 2 is 2.00 bits per heavy atom. The van der Waals surface area contributed by atoms with Crippen LogP contribution in [0.4, 0.5) is 11.4 Å². The van der Waals surface area contributed by atoms with E-state index in [0.29, 0.717) is 34.9 Å². The SMILES string of the molecule is CCC(C(N)=O)(c1cc(NC2CNC2)ccc1C)n1cccc2nc(SCc3ccc([N+](=O)[O-])cc3)nc1-2. The Labute approximate surface area is 224 Å². The summed E-state index contributed by atoms with van der Waals surface area (Å²) in [5.74, 6) is 0.651. The molecule has 3 aliphatic rings. The number of carbonyl (C=O) groups is 1. The van der Waals surface area contributed by atoms with Gasteiger partial charge in [-0.15, -0.1) is 0 Å². The van der Waals surface area contributed by atoms with Crippen LogP contribution in [0.5, 0.6) is 0 Å². The number of hydrogen-bond donors (Lipinski definition) is 3. The fourth-order valence-corrected chi connectivity index (χ4v) is 5.64. The van der Waals surface area contributed by atoms with Gasteiger partial charge in [-0.1, -0.05) is 36.9 Å². The number of thioether (sulfide) groups is 1. The number of amides is 1. The fraction of sp³-hybridized carbons (Fsp3) is 0.296. The summed E-state index contributed by atoms with van der Waals surface area (Å²) in [4.78, 5) is 33.3. The third kappa shape index (κ3) is 4.70. The molecule has 0 radical (unpaired) electrons. The van der Waals surface area contributed by atoms with Crippen LogP contribution in [0.25, 0.3) is 11.5 Å². The zero-order chi connectivity index (χ0) is 26.9. The second kappa shape index (κ2) is 10.4. The Hall–Kier alpha value is -3.96. The number of fused-ring (bicyclic) bond motifs is 1. The standard InChI is InChI=1S/C27H29N7O3S/c1-3-27(25(28)35,22-13-19(9-6-17(22)2)30-20-14-29-15-20)33-12-4-5-23-24(33)32-26(31-23)38-16-18-7-10-21(11-8-18)34(36)37/h4-13,20,29-30H,3,14-16H2,1-2H3,(H2,28,35). The summed E-state index contributed by atoms with van der Waals surface area (Å²) in [7, 11) is 0. The number of aryl methyl sites for hydroxylation is 1. The highest BCUT2D eigenvalue weighted by molar-refractivity contribution is 7.98. The number of benzene rings is 2. The minimum Gasteiger partial charge on any atom is -0.380 e. The van der Waals surface area contributed by atoms with Crippen molar-refractivity contribution in [2.24, 2.45) is 5.73 Å². The summed E-state index contributed by atoms with van der Waals surface area (Å²) in [6.45, 7) is 5.73. The first kappa shape index (κ1) is 25.7. The van der Waals surface area contributed by atoms with Crippen molar-refractivity contribution in [3.63, 3.8) is 0 Å². The molecule has 1 fully saturated rings. The van der Waals surface area contributed by atoms with Crippen molar-refractivity contribution < 1.29 is 9.72 Å². The molecular weight excluding hydrogens is 502 g/mol. The van der Waals surface area contributed by atoms with Gasteiger partial charge in [0.1, 0.15) is 11.2 Å². The van der Waals surface area contributed by atoms with E-state index in [-0.39, 0.29) is 5.69 Å². The van der Waals surface area contributed by atoms with Gasteiger partial charge in [-0.3, -0.25) is 14.9 Å². The van der Waals surface area contributed by atoms with E-state index in [9.17, 15) is 14.9 Å². The van der Waals surface area contributed by atoms with Crippen LogP contribution < -0.4 is 16.4 Å². The number of nitro groups is 1. The average Bonchev–Trinajstić information content (AvgIpc) is 3.31. The smallest absolute Gasteiger partial charge is 0.269 e. The van der Waals surface area contributed by atoms with Gasteiger partial charge in [-0.05, 0) is 54.3 Å². The van der Waals surface area contributed by atoms with Gasteiger partial charge in [0.15, 0.2) is 11.0 Å². The summed E-state index contributed by atoms with van der Waals surface area (Å²) in [5.41, 5.74) is 9.37. The second-order valence-electron chi connectivity index (χ2n) is 9.41. The second-order valence-corrected chi connectivity index (χ2v) is 10.4. The minimum atomic E-state index is -1.16. The first-order chi connectivity index (χ1) is 18.3. The number of nitrogens with zero attached hydrogens (tertiary/aromatic N) is 4. The first-order valence-electron chi connectivity index (χ1n) is 12.4. The number of pyridine rings is 1. The molecule has 0 aliphatic carbocycles. The predicted molar refractivity (Wildman–Crippen MR) is 147 cm³/mol. The molecule has 5 rings (SSSR count). The first-order valence-corrected chi connectivity index (χ1v) is 13.4. The number of carbonyl (C=O) groups excluding carboxylic acids is 1. The van der Waals surface area contributed by atoms with Gasteiger partial charge in [0.2, 0.25) is 5.91 Å². The van der Waals surface area contributed by atoms with E-state index < -0.39 is 16.4 Å². The van der Waals surface area contributed by atoms with Crippen LogP contribution in [-0.2, 0) is 16.1 Å². The number of nitro benzene ring substituents is 1. The molecule has 196 valence electrons. The molecule has 2 aromatic rings. The van der Waals surface area contributed by atoms with E-state index in [1.54, 1.807) is 12.1 Å². The Morgan fingerprint density at radius 3 is 2.63 bits per heavy atom. The molecule has 3 heterocycles. The number of anilines is 1. The molecule has 10 nitrogen and oxygen atoms in total. The molecule has 0 aromatic heterocycles. The van der Waals surface area contributed by atoms with Gasteiger partial charge >= 0.3 is 0 Å². The number of non-ortho nitro benzene ring substituents is 1. The van der Waals surface area contributed by atoms with Gasteiger partial charge < -0.3 is 20.9 Å². The summed E-state index contributed by atoms with van der Waals surface area (Å²) >= 11 is 1.43. The zero-order valence-electron chi connectivity index (χ0n) is 21.2. The number of imidazole rings is 1. The van der Waals surface area contributed by atoms with Gasteiger partial charge in [-0.25, -0.2) is 9.97 Å². The molecule has 3 aliphatic heterocycles. The van der Waals surface area contributed by atoms with Crippen LogP contribution in [0.2, 0.25) is 0 Å². The number of aromatic nitrogens is 3. The van der Waals surface area contributed by atoms with E-state index in [4.69, 9.17) is 10.7 Å². The van der Waals surface area contributed by atoms with Crippen LogP contribution in [0, 0.1) is 17.0 Å². The maximum absolute atomic E-state index is 13.3. The number of hydrogen-bond acceptors (Lipinski definition) is 8. The molecule has 0 bridgehead atoms. The van der Waals surface area contributed by atoms with Crippen molar-refractivity contribution in [1.29, 1.82) is 0 Å². The van der Waals surface area contributed by atoms with Gasteiger partial charge in [-0.2, -0.15) is 0 Å². The molecule has 38 heavy (non-hydrogen) atoms. The predicted octanol–water partition coefficient (Wildman–Crippen LogP) is 3.91. The highest BCUT2D eigenvalue weighted by Crippen LogP contribution is 2.38. The van der Waals surface area contributed by atoms with Gasteiger partial charge in [0, 0.05) is 42.9 Å². The Morgan fingerprint density at radius 1 is 1.24 bits per heavy atom. The van der Waals surface area contributed by atoms with Crippen molar-refractivity contribution in [3.8, 4) is 11.5 Å². The zero-order valence-corrected chi connectivity index (χ0v) is 22.0. The minimum absolute atomic E-state index is 0.0522. The highest BCUT2D eigenvalue weighted by atomic mass is 32.2. The van der Waals surface area contributed by atoms with Crippen LogP contribution >= 0.6 is 11.8 Å².